The van der Waals surface area contributed by atoms with Crippen LogP contribution < -0.4 is 14.2 Å². The first-order chi connectivity index (χ1) is 15.6. The third-order valence-electron chi connectivity index (χ3n) is 5.73. The van der Waals surface area contributed by atoms with Gasteiger partial charge in [0.15, 0.2) is 11.5 Å². The Labute approximate surface area is 188 Å². The van der Waals surface area contributed by atoms with E-state index in [1.54, 1.807) is 21.3 Å². The molecule has 0 aromatic heterocycles. The smallest absolute Gasteiger partial charge is 0.258 e. The zero-order valence-electron chi connectivity index (χ0n) is 18.6. The predicted molar refractivity (Wildman–Crippen MR) is 125 cm³/mol. The molecule has 0 saturated carbocycles. The molecule has 1 aliphatic carbocycles. The zero-order valence-corrected chi connectivity index (χ0v) is 18.6. The van der Waals surface area contributed by atoms with Crippen LogP contribution in [-0.4, -0.2) is 32.1 Å². The highest BCUT2D eigenvalue weighted by Crippen LogP contribution is 2.36. The van der Waals surface area contributed by atoms with E-state index in [4.69, 9.17) is 14.2 Å². The standard InChI is InChI=1S/C27H27NO4/c1-30-24-13-10-20(11-14-24)27(29)28(18-19-7-5-4-6-8-19)23-12-9-21-16-25(31-2)26(32-3)17-22(21)15-23/h4-8,10-11,13-17H,9,12,18H2,1-3H3. The molecule has 4 rings (SSSR count). The molecule has 0 N–H and O–H groups in total. The van der Waals surface area contributed by atoms with E-state index in [2.05, 4.69) is 6.08 Å². The number of carbonyl (C=O) groups is 1. The third-order valence-corrected chi connectivity index (χ3v) is 5.73. The average molecular weight is 430 g/mol. The van der Waals surface area contributed by atoms with Crippen LogP contribution in [-0.2, 0) is 13.0 Å². The molecule has 164 valence electrons. The van der Waals surface area contributed by atoms with E-state index in [1.807, 2.05) is 71.6 Å². The van der Waals surface area contributed by atoms with Gasteiger partial charge in [0.05, 0.1) is 27.9 Å². The van der Waals surface area contributed by atoms with Crippen LogP contribution in [0.4, 0.5) is 0 Å². The van der Waals surface area contributed by atoms with Crippen LogP contribution in [0.25, 0.3) is 6.08 Å². The summed E-state index contributed by atoms with van der Waals surface area (Å²) in [6.07, 6.45) is 3.67. The van der Waals surface area contributed by atoms with Crippen molar-refractivity contribution in [1.29, 1.82) is 0 Å². The van der Waals surface area contributed by atoms with Crippen molar-refractivity contribution >= 4 is 12.0 Å². The normalized spacial score (nSPS) is 12.4. The van der Waals surface area contributed by atoms with Gasteiger partial charge in [-0.2, -0.15) is 0 Å². The van der Waals surface area contributed by atoms with Crippen molar-refractivity contribution in [3.8, 4) is 17.2 Å². The first-order valence-corrected chi connectivity index (χ1v) is 10.6. The summed E-state index contributed by atoms with van der Waals surface area (Å²) >= 11 is 0. The molecule has 0 bridgehead atoms. The van der Waals surface area contributed by atoms with Crippen LogP contribution in [0.2, 0.25) is 0 Å². The van der Waals surface area contributed by atoms with Crippen LogP contribution in [0.1, 0.15) is 33.5 Å². The molecular formula is C27H27NO4. The van der Waals surface area contributed by atoms with E-state index in [0.29, 0.717) is 17.9 Å². The molecule has 0 unspecified atom stereocenters. The van der Waals surface area contributed by atoms with Gasteiger partial charge in [-0.1, -0.05) is 30.3 Å². The highest BCUT2D eigenvalue weighted by molar-refractivity contribution is 5.96. The number of methoxy groups -OCH3 is 3. The van der Waals surface area contributed by atoms with Gasteiger partial charge in [-0.3, -0.25) is 4.79 Å². The van der Waals surface area contributed by atoms with Crippen LogP contribution in [0.3, 0.4) is 0 Å². The molecule has 5 heteroatoms. The number of hydrogen-bond acceptors (Lipinski definition) is 4. The molecule has 1 amide bonds. The molecule has 32 heavy (non-hydrogen) atoms. The monoisotopic (exact) mass is 429 g/mol. The average Bonchev–Trinajstić information content (AvgIpc) is 2.86. The van der Waals surface area contributed by atoms with E-state index in [-0.39, 0.29) is 5.91 Å². The van der Waals surface area contributed by atoms with Crippen molar-refractivity contribution in [3.05, 3.63) is 94.7 Å². The second-order valence-corrected chi connectivity index (χ2v) is 7.65. The van der Waals surface area contributed by atoms with Crippen LogP contribution >= 0.6 is 0 Å². The molecule has 1 aliphatic rings. The van der Waals surface area contributed by atoms with Crippen LogP contribution in [0.15, 0.2) is 72.4 Å². The van der Waals surface area contributed by atoms with E-state index >= 15 is 0 Å². The Kier molecular flexibility index (Phi) is 6.45. The minimum Gasteiger partial charge on any atom is -0.497 e. The third kappa shape index (κ3) is 4.47. The molecule has 0 spiro atoms. The van der Waals surface area contributed by atoms with Gasteiger partial charge in [-0.05, 0) is 72.0 Å². The summed E-state index contributed by atoms with van der Waals surface area (Å²) in [6.45, 7) is 0.500. The lowest BCUT2D eigenvalue weighted by atomic mass is 9.93. The van der Waals surface area contributed by atoms with E-state index < -0.39 is 0 Å². The van der Waals surface area contributed by atoms with Crippen LogP contribution in [0, 0.1) is 0 Å². The highest BCUT2D eigenvalue weighted by atomic mass is 16.5. The number of hydrogen-bond donors (Lipinski definition) is 0. The van der Waals surface area contributed by atoms with Gasteiger partial charge in [0.25, 0.3) is 5.91 Å². The molecule has 5 nitrogen and oxygen atoms in total. The van der Waals surface area contributed by atoms with Gasteiger partial charge in [0.2, 0.25) is 0 Å². The molecule has 0 saturated heterocycles. The lowest BCUT2D eigenvalue weighted by Crippen LogP contribution is -2.31. The maximum Gasteiger partial charge on any atom is 0.258 e. The Morgan fingerprint density at radius 3 is 2.19 bits per heavy atom. The first-order valence-electron chi connectivity index (χ1n) is 10.6. The number of aryl methyl sites for hydroxylation is 1. The van der Waals surface area contributed by atoms with Crippen molar-refractivity contribution in [1.82, 2.24) is 4.90 Å². The van der Waals surface area contributed by atoms with Crippen LogP contribution in [0.5, 0.6) is 17.2 Å². The highest BCUT2D eigenvalue weighted by Gasteiger charge is 2.24. The van der Waals surface area contributed by atoms with Crippen molar-refractivity contribution in [2.75, 3.05) is 21.3 Å². The fourth-order valence-electron chi connectivity index (χ4n) is 3.97. The number of rotatable bonds is 7. The topological polar surface area (TPSA) is 48.0 Å². The minimum absolute atomic E-state index is 0.0355. The largest absolute Gasteiger partial charge is 0.497 e. The molecule has 0 radical (unpaired) electrons. The summed E-state index contributed by atoms with van der Waals surface area (Å²) in [7, 11) is 4.89. The number of nitrogens with zero attached hydrogens (tertiary/aromatic N) is 1. The van der Waals surface area contributed by atoms with E-state index in [0.717, 1.165) is 41.2 Å². The van der Waals surface area contributed by atoms with E-state index in [9.17, 15) is 4.79 Å². The number of fused-ring (bicyclic) bond motifs is 1. The maximum absolute atomic E-state index is 13.6. The summed E-state index contributed by atoms with van der Waals surface area (Å²) in [5.41, 5.74) is 4.91. The Hall–Kier alpha value is -3.73. The van der Waals surface area contributed by atoms with Gasteiger partial charge in [-0.15, -0.1) is 0 Å². The molecule has 3 aromatic carbocycles. The number of amides is 1. The number of allylic oxidation sites excluding steroid dienone is 1. The van der Waals surface area contributed by atoms with Gasteiger partial charge in [-0.25, -0.2) is 0 Å². The summed E-state index contributed by atoms with van der Waals surface area (Å²) in [4.78, 5) is 15.5. The number of benzene rings is 3. The van der Waals surface area contributed by atoms with Crippen molar-refractivity contribution in [2.45, 2.75) is 19.4 Å². The molecular weight excluding hydrogens is 402 g/mol. The Morgan fingerprint density at radius 2 is 1.53 bits per heavy atom. The maximum atomic E-state index is 13.6. The van der Waals surface area contributed by atoms with Gasteiger partial charge in [0.1, 0.15) is 5.75 Å². The summed E-state index contributed by atoms with van der Waals surface area (Å²) in [6, 6.07) is 21.3. The predicted octanol–water partition coefficient (Wildman–Crippen LogP) is 5.34. The SMILES string of the molecule is COc1ccc(C(=O)N(Cc2ccccc2)C2=Cc3cc(OC)c(OC)cc3CC2)cc1. The van der Waals surface area contributed by atoms with Gasteiger partial charge < -0.3 is 19.1 Å². The summed E-state index contributed by atoms with van der Waals surface area (Å²) < 4.78 is 16.2. The fraction of sp³-hybridized carbons (Fsp3) is 0.222. The quantitative estimate of drug-likeness (QED) is 0.509. The van der Waals surface area contributed by atoms with Gasteiger partial charge >= 0.3 is 0 Å². The van der Waals surface area contributed by atoms with E-state index in [1.165, 1.54) is 5.56 Å². The lowest BCUT2D eigenvalue weighted by molar-refractivity contribution is 0.0792. The molecule has 0 fully saturated rings. The Morgan fingerprint density at radius 1 is 0.844 bits per heavy atom. The second-order valence-electron chi connectivity index (χ2n) is 7.65. The zero-order chi connectivity index (χ0) is 22.5. The summed E-state index contributed by atoms with van der Waals surface area (Å²) in [5, 5.41) is 0. The van der Waals surface area contributed by atoms with Crippen molar-refractivity contribution in [3.63, 3.8) is 0 Å². The first kappa shape index (κ1) is 21.5. The molecule has 3 aromatic rings. The molecule has 0 atom stereocenters. The molecule has 0 heterocycles. The lowest BCUT2D eigenvalue weighted by Gasteiger charge is -2.29. The molecule has 0 aliphatic heterocycles. The summed E-state index contributed by atoms with van der Waals surface area (Å²) in [5.74, 6) is 2.09. The van der Waals surface area contributed by atoms with Crippen molar-refractivity contribution in [2.24, 2.45) is 0 Å². The number of carbonyl (C=O) groups excluding carboxylic acids is 1. The van der Waals surface area contributed by atoms with Crippen molar-refractivity contribution < 1.29 is 19.0 Å². The Bertz CT molecular complexity index is 1120. The fourth-order valence-corrected chi connectivity index (χ4v) is 3.97. The second kappa shape index (κ2) is 9.60. The Balaban J connectivity index is 1.72. The number of ether oxygens (including phenoxy) is 3. The van der Waals surface area contributed by atoms with Gasteiger partial charge in [0, 0.05) is 11.3 Å². The minimum atomic E-state index is -0.0355.